The molecule has 1 aromatic carbocycles. The number of aromatic nitrogens is 2. The normalized spacial score (nSPS) is 9.50. The van der Waals surface area contributed by atoms with E-state index in [0.717, 1.165) is 0 Å². The number of para-hydroxylation sites is 1. The fourth-order valence-electron chi connectivity index (χ4n) is 1.49. The molecule has 16 heavy (non-hydrogen) atoms. The summed E-state index contributed by atoms with van der Waals surface area (Å²) >= 11 is 0. The van der Waals surface area contributed by atoms with Gasteiger partial charge in [0.15, 0.2) is 13.2 Å². The molecule has 86 valence electrons. The molecule has 2 rings (SSSR count). The Bertz CT molecular complexity index is 430. The maximum Gasteiger partial charge on any atom is 0.195 e. The van der Waals surface area contributed by atoms with E-state index >= 15 is 0 Å². The van der Waals surface area contributed by atoms with Crippen molar-refractivity contribution in [3.8, 4) is 5.69 Å². The van der Waals surface area contributed by atoms with Crippen molar-refractivity contribution in [1.29, 1.82) is 0 Å². The van der Waals surface area contributed by atoms with Gasteiger partial charge in [0.2, 0.25) is 0 Å². The molecule has 0 saturated heterocycles. The smallest absolute Gasteiger partial charge is 0.128 e. The summed E-state index contributed by atoms with van der Waals surface area (Å²) in [6.07, 6.45) is 5.34. The third-order valence-electron chi connectivity index (χ3n) is 2.23. The Morgan fingerprint density at radius 3 is 2.25 bits per heavy atom. The molecule has 1 aromatic heterocycles. The highest BCUT2D eigenvalue weighted by Gasteiger charge is 2.06. The molecule has 1 heterocycles. The van der Waals surface area contributed by atoms with Crippen LogP contribution in [0.25, 0.3) is 5.69 Å². The first-order valence-electron chi connectivity index (χ1n) is 5.80. The van der Waals surface area contributed by atoms with Crippen LogP contribution >= 0.6 is 0 Å². The third-order valence-corrected chi connectivity index (χ3v) is 2.23. The van der Waals surface area contributed by atoms with Crippen LogP contribution < -0.4 is 4.68 Å². The van der Waals surface area contributed by atoms with Gasteiger partial charge in [0.05, 0.1) is 6.20 Å². The molecule has 0 spiro atoms. The van der Waals surface area contributed by atoms with Gasteiger partial charge in [-0.1, -0.05) is 38.5 Å². The monoisotopic (exact) mass is 217 g/mol. The molecule has 0 aliphatic rings. The SMILES string of the molecule is CCC.Cc1ccccc1-n1ccc[n+]1C. The summed E-state index contributed by atoms with van der Waals surface area (Å²) in [7, 11) is 2.03. The molecule has 2 heteroatoms. The summed E-state index contributed by atoms with van der Waals surface area (Å²) in [5.41, 5.74) is 2.52. The van der Waals surface area contributed by atoms with Crippen molar-refractivity contribution < 1.29 is 4.68 Å². The summed E-state index contributed by atoms with van der Waals surface area (Å²) < 4.78 is 4.18. The Balaban J connectivity index is 0.000000386. The van der Waals surface area contributed by atoms with Gasteiger partial charge in [-0.2, -0.15) is 0 Å². The second kappa shape index (κ2) is 6.11. The average Bonchev–Trinajstić information content (AvgIpc) is 2.66. The van der Waals surface area contributed by atoms with Crippen LogP contribution in [0.3, 0.4) is 0 Å². The van der Waals surface area contributed by atoms with Crippen LogP contribution in [0.5, 0.6) is 0 Å². The molecule has 0 saturated carbocycles. The van der Waals surface area contributed by atoms with Crippen molar-refractivity contribution in [2.45, 2.75) is 27.2 Å². The summed E-state index contributed by atoms with van der Waals surface area (Å²) in [6, 6.07) is 10.4. The number of hydrogen-bond donors (Lipinski definition) is 0. The van der Waals surface area contributed by atoms with Crippen molar-refractivity contribution in [2.24, 2.45) is 7.05 Å². The average molecular weight is 217 g/mol. The van der Waals surface area contributed by atoms with E-state index in [1.54, 1.807) is 0 Å². The van der Waals surface area contributed by atoms with Gasteiger partial charge in [0.25, 0.3) is 0 Å². The van der Waals surface area contributed by atoms with Crippen LogP contribution in [0, 0.1) is 6.92 Å². The van der Waals surface area contributed by atoms with Gasteiger partial charge < -0.3 is 0 Å². The molecular formula is C14H21N2+. The Hall–Kier alpha value is -1.57. The van der Waals surface area contributed by atoms with E-state index in [0.29, 0.717) is 0 Å². The molecule has 0 amide bonds. The highest BCUT2D eigenvalue weighted by Crippen LogP contribution is 2.10. The van der Waals surface area contributed by atoms with Crippen molar-refractivity contribution >= 4 is 0 Å². The maximum absolute atomic E-state index is 2.12. The second-order valence-corrected chi connectivity index (χ2v) is 3.90. The van der Waals surface area contributed by atoms with E-state index in [1.807, 2.05) is 19.3 Å². The fraction of sp³-hybridized carbons (Fsp3) is 0.357. The first-order valence-corrected chi connectivity index (χ1v) is 5.80. The number of nitrogens with zero attached hydrogens (tertiary/aromatic N) is 2. The molecule has 0 bridgehead atoms. The minimum atomic E-state index is 1.23. The molecule has 0 radical (unpaired) electrons. The van der Waals surface area contributed by atoms with Gasteiger partial charge >= 0.3 is 0 Å². The fourth-order valence-corrected chi connectivity index (χ4v) is 1.49. The van der Waals surface area contributed by atoms with Crippen LogP contribution in [-0.4, -0.2) is 4.68 Å². The molecule has 2 aromatic rings. The van der Waals surface area contributed by atoms with Crippen LogP contribution in [-0.2, 0) is 7.05 Å². The van der Waals surface area contributed by atoms with Crippen molar-refractivity contribution in [3.05, 3.63) is 48.3 Å². The molecular weight excluding hydrogens is 196 g/mol. The lowest BCUT2D eigenvalue weighted by Crippen LogP contribution is -2.36. The Morgan fingerprint density at radius 1 is 1.12 bits per heavy atom. The zero-order valence-electron chi connectivity index (χ0n) is 10.6. The quantitative estimate of drug-likeness (QED) is 0.649. The van der Waals surface area contributed by atoms with Gasteiger partial charge in [0, 0.05) is 6.07 Å². The third kappa shape index (κ3) is 2.96. The van der Waals surface area contributed by atoms with Crippen molar-refractivity contribution in [1.82, 2.24) is 4.68 Å². The second-order valence-electron chi connectivity index (χ2n) is 3.90. The summed E-state index contributed by atoms with van der Waals surface area (Å²) in [5, 5.41) is 0. The predicted molar refractivity (Wildman–Crippen MR) is 67.6 cm³/mol. The zero-order valence-corrected chi connectivity index (χ0v) is 10.6. The number of aryl methyl sites for hydroxylation is 2. The zero-order chi connectivity index (χ0) is 12.0. The standard InChI is InChI=1S/C11H13N2.C3H8/c1-10-6-3-4-7-11(10)13-9-5-8-12(13)2;1-3-2/h3-9H,1-2H3;3H2,1-2H3/q+1;. The number of benzene rings is 1. The Labute approximate surface area is 98.1 Å². The lowest BCUT2D eigenvalue weighted by Gasteiger charge is -2.02. The number of rotatable bonds is 1. The minimum absolute atomic E-state index is 1.23. The predicted octanol–water partition coefficient (Wildman–Crippen LogP) is 3.03. The molecule has 0 unspecified atom stereocenters. The van der Waals surface area contributed by atoms with E-state index in [2.05, 4.69) is 60.6 Å². The summed E-state index contributed by atoms with van der Waals surface area (Å²) in [5.74, 6) is 0. The van der Waals surface area contributed by atoms with Gasteiger partial charge in [0.1, 0.15) is 5.69 Å². The van der Waals surface area contributed by atoms with E-state index in [9.17, 15) is 0 Å². The van der Waals surface area contributed by atoms with Crippen LogP contribution in [0.1, 0.15) is 25.8 Å². The first-order chi connectivity index (χ1) is 7.70. The molecule has 0 N–H and O–H groups in total. The molecule has 0 fully saturated rings. The summed E-state index contributed by atoms with van der Waals surface area (Å²) in [4.78, 5) is 0. The van der Waals surface area contributed by atoms with E-state index < -0.39 is 0 Å². The van der Waals surface area contributed by atoms with Crippen LogP contribution in [0.4, 0.5) is 0 Å². The van der Waals surface area contributed by atoms with Crippen molar-refractivity contribution in [2.75, 3.05) is 0 Å². The van der Waals surface area contributed by atoms with Crippen LogP contribution in [0.15, 0.2) is 42.7 Å². The van der Waals surface area contributed by atoms with E-state index in [4.69, 9.17) is 0 Å². The highest BCUT2D eigenvalue weighted by atomic mass is 15.4. The maximum atomic E-state index is 2.12. The molecule has 2 nitrogen and oxygen atoms in total. The minimum Gasteiger partial charge on any atom is -0.128 e. The van der Waals surface area contributed by atoms with E-state index in [-0.39, 0.29) is 0 Å². The van der Waals surface area contributed by atoms with Gasteiger partial charge in [-0.05, 0) is 18.6 Å². The lowest BCUT2D eigenvalue weighted by molar-refractivity contribution is -0.744. The summed E-state index contributed by atoms with van der Waals surface area (Å²) in [6.45, 7) is 6.37. The van der Waals surface area contributed by atoms with Crippen LogP contribution in [0.2, 0.25) is 0 Å². The largest absolute Gasteiger partial charge is 0.195 e. The Morgan fingerprint density at radius 2 is 1.75 bits per heavy atom. The molecule has 0 aliphatic heterocycles. The van der Waals surface area contributed by atoms with Crippen molar-refractivity contribution in [3.63, 3.8) is 0 Å². The lowest BCUT2D eigenvalue weighted by atomic mass is 10.2. The number of hydrogen-bond acceptors (Lipinski definition) is 0. The van der Waals surface area contributed by atoms with E-state index in [1.165, 1.54) is 17.7 Å². The Kier molecular flexibility index (Phi) is 4.77. The van der Waals surface area contributed by atoms with Gasteiger partial charge in [-0.3, -0.25) is 0 Å². The van der Waals surface area contributed by atoms with Gasteiger partial charge in [-0.25, -0.2) is 0 Å². The van der Waals surface area contributed by atoms with Gasteiger partial charge in [-0.15, -0.1) is 9.36 Å². The topological polar surface area (TPSA) is 8.81 Å². The molecule has 0 atom stereocenters. The first kappa shape index (κ1) is 12.5. The highest BCUT2D eigenvalue weighted by molar-refractivity contribution is 5.38. The molecule has 0 aliphatic carbocycles.